The van der Waals surface area contributed by atoms with E-state index in [1.165, 1.54) is 6.39 Å². The van der Waals surface area contributed by atoms with Gasteiger partial charge in [-0.15, -0.1) is 0 Å². The van der Waals surface area contributed by atoms with Crippen molar-refractivity contribution < 1.29 is 14.0 Å². The highest BCUT2D eigenvalue weighted by atomic mass is 35.5. The Balaban J connectivity index is 1.65. The summed E-state index contributed by atoms with van der Waals surface area (Å²) < 4.78 is 15.2. The first-order chi connectivity index (χ1) is 8.83. The minimum Gasteiger partial charge on any atom is -0.454 e. The van der Waals surface area contributed by atoms with Gasteiger partial charge in [0.1, 0.15) is 0 Å². The summed E-state index contributed by atoms with van der Waals surface area (Å²) in [5.74, 6) is 1.90. The van der Waals surface area contributed by atoms with E-state index >= 15 is 0 Å². The molecule has 0 unspecified atom stereocenters. The molecule has 0 fully saturated rings. The van der Waals surface area contributed by atoms with Crippen molar-refractivity contribution in [2.75, 3.05) is 6.79 Å². The highest BCUT2D eigenvalue weighted by Gasteiger charge is 2.18. The molecule has 0 bridgehead atoms. The molecule has 1 aromatic carbocycles. The fraction of sp³-hybridized carbons (Fsp3) is 0.273. The fourth-order valence-electron chi connectivity index (χ4n) is 1.71. The number of nitrogens with one attached hydrogen (secondary N) is 1. The van der Waals surface area contributed by atoms with Crippen LogP contribution in [0.4, 0.5) is 0 Å². The second kappa shape index (κ2) is 4.83. The molecule has 1 aromatic heterocycles. The molecule has 0 atom stereocenters. The predicted molar refractivity (Wildman–Crippen MR) is 62.4 cm³/mol. The molecule has 7 heteroatoms. The molecule has 3 rings (SSSR count). The van der Waals surface area contributed by atoms with Gasteiger partial charge in [0.15, 0.2) is 17.3 Å². The smallest absolute Gasteiger partial charge is 0.231 e. The SMILES string of the molecule is Clc1cc(CNCc2ncon2)cc2c1OCO2. The van der Waals surface area contributed by atoms with E-state index in [0.29, 0.717) is 35.4 Å². The van der Waals surface area contributed by atoms with Crippen LogP contribution in [0.1, 0.15) is 11.4 Å². The van der Waals surface area contributed by atoms with Gasteiger partial charge in [-0.1, -0.05) is 16.8 Å². The molecule has 2 heterocycles. The highest BCUT2D eigenvalue weighted by Crippen LogP contribution is 2.39. The Bertz CT molecular complexity index is 545. The maximum absolute atomic E-state index is 6.08. The molecule has 1 aliphatic heterocycles. The molecule has 0 aliphatic carbocycles. The van der Waals surface area contributed by atoms with E-state index in [2.05, 4.69) is 20.0 Å². The van der Waals surface area contributed by atoms with Crippen molar-refractivity contribution in [1.29, 1.82) is 0 Å². The van der Waals surface area contributed by atoms with Crippen LogP contribution >= 0.6 is 11.6 Å². The van der Waals surface area contributed by atoms with Gasteiger partial charge in [-0.2, -0.15) is 4.98 Å². The molecule has 1 N–H and O–H groups in total. The zero-order chi connectivity index (χ0) is 12.4. The third-order valence-electron chi connectivity index (χ3n) is 2.51. The molecular weight excluding hydrogens is 258 g/mol. The number of benzene rings is 1. The third kappa shape index (κ3) is 2.25. The van der Waals surface area contributed by atoms with Gasteiger partial charge >= 0.3 is 0 Å². The van der Waals surface area contributed by atoms with Crippen molar-refractivity contribution in [1.82, 2.24) is 15.5 Å². The molecule has 94 valence electrons. The number of fused-ring (bicyclic) bond motifs is 1. The van der Waals surface area contributed by atoms with Crippen LogP contribution in [0.5, 0.6) is 11.5 Å². The normalized spacial score (nSPS) is 12.9. The molecule has 0 spiro atoms. The first-order valence-corrected chi connectivity index (χ1v) is 5.75. The summed E-state index contributed by atoms with van der Waals surface area (Å²) in [4.78, 5) is 3.91. The van der Waals surface area contributed by atoms with E-state index < -0.39 is 0 Å². The molecule has 1 aliphatic rings. The Hall–Kier alpha value is -1.79. The topological polar surface area (TPSA) is 69.4 Å². The third-order valence-corrected chi connectivity index (χ3v) is 2.79. The van der Waals surface area contributed by atoms with E-state index in [0.717, 1.165) is 5.56 Å². The van der Waals surface area contributed by atoms with E-state index in [1.54, 1.807) is 0 Å². The van der Waals surface area contributed by atoms with Crippen LogP contribution in [0.2, 0.25) is 5.02 Å². The summed E-state index contributed by atoms with van der Waals surface area (Å²) in [5, 5.41) is 7.44. The Morgan fingerprint density at radius 3 is 3.06 bits per heavy atom. The zero-order valence-corrected chi connectivity index (χ0v) is 10.1. The fourth-order valence-corrected chi connectivity index (χ4v) is 2.00. The van der Waals surface area contributed by atoms with Gasteiger partial charge in [0.25, 0.3) is 0 Å². The summed E-state index contributed by atoms with van der Waals surface area (Å²) in [6.07, 6.45) is 1.30. The van der Waals surface area contributed by atoms with Crippen LogP contribution in [-0.4, -0.2) is 16.9 Å². The molecule has 0 amide bonds. The molecule has 18 heavy (non-hydrogen) atoms. The Morgan fingerprint density at radius 1 is 1.28 bits per heavy atom. The number of hydrogen-bond acceptors (Lipinski definition) is 6. The van der Waals surface area contributed by atoms with Gasteiger partial charge in [-0.3, -0.25) is 0 Å². The summed E-state index contributed by atoms with van der Waals surface area (Å²) >= 11 is 6.08. The summed E-state index contributed by atoms with van der Waals surface area (Å²) in [7, 11) is 0. The van der Waals surface area contributed by atoms with Gasteiger partial charge < -0.3 is 19.3 Å². The standard InChI is InChI=1S/C11H10ClN3O3/c12-8-1-7(2-9-11(8)17-6-16-9)3-13-4-10-14-5-18-15-10/h1-2,5,13H,3-4,6H2. The van der Waals surface area contributed by atoms with Crippen LogP contribution < -0.4 is 14.8 Å². The van der Waals surface area contributed by atoms with Gasteiger partial charge in [0.2, 0.25) is 13.2 Å². The summed E-state index contributed by atoms with van der Waals surface area (Å²) in [6, 6.07) is 3.75. The van der Waals surface area contributed by atoms with Crippen molar-refractivity contribution in [2.24, 2.45) is 0 Å². The largest absolute Gasteiger partial charge is 0.454 e. The van der Waals surface area contributed by atoms with Crippen molar-refractivity contribution in [3.63, 3.8) is 0 Å². The maximum atomic E-state index is 6.08. The number of rotatable bonds is 4. The van der Waals surface area contributed by atoms with Gasteiger partial charge in [0.05, 0.1) is 11.6 Å². The molecule has 0 saturated heterocycles. The average molecular weight is 268 g/mol. The van der Waals surface area contributed by atoms with Crippen molar-refractivity contribution >= 4 is 11.6 Å². The monoisotopic (exact) mass is 267 g/mol. The lowest BCUT2D eigenvalue weighted by Gasteiger charge is -2.05. The minimum absolute atomic E-state index is 0.217. The van der Waals surface area contributed by atoms with E-state index in [-0.39, 0.29) is 6.79 Å². The first-order valence-electron chi connectivity index (χ1n) is 5.37. The van der Waals surface area contributed by atoms with Gasteiger partial charge in [0, 0.05) is 6.54 Å². The van der Waals surface area contributed by atoms with Crippen LogP contribution in [0.15, 0.2) is 23.0 Å². The van der Waals surface area contributed by atoms with E-state index in [9.17, 15) is 0 Å². The Kier molecular flexibility index (Phi) is 3.04. The number of halogens is 1. The van der Waals surface area contributed by atoms with Crippen molar-refractivity contribution in [3.8, 4) is 11.5 Å². The van der Waals surface area contributed by atoms with E-state index in [1.807, 2.05) is 12.1 Å². The predicted octanol–water partition coefficient (Wildman–Crippen LogP) is 1.74. The molecule has 0 saturated carbocycles. The van der Waals surface area contributed by atoms with Crippen molar-refractivity contribution in [3.05, 3.63) is 34.9 Å². The second-order valence-corrected chi connectivity index (χ2v) is 4.17. The highest BCUT2D eigenvalue weighted by molar-refractivity contribution is 6.32. The quantitative estimate of drug-likeness (QED) is 0.910. The maximum Gasteiger partial charge on any atom is 0.231 e. The summed E-state index contributed by atoms with van der Waals surface area (Å²) in [5.41, 5.74) is 1.01. The molecule has 0 radical (unpaired) electrons. The van der Waals surface area contributed by atoms with Crippen LogP contribution in [0.3, 0.4) is 0 Å². The number of nitrogens with zero attached hydrogens (tertiary/aromatic N) is 2. The lowest BCUT2D eigenvalue weighted by Crippen LogP contribution is -2.13. The van der Waals surface area contributed by atoms with Gasteiger partial charge in [-0.25, -0.2) is 0 Å². The lowest BCUT2D eigenvalue weighted by molar-refractivity contribution is 0.174. The number of aromatic nitrogens is 2. The van der Waals surface area contributed by atoms with Crippen LogP contribution in [-0.2, 0) is 13.1 Å². The Labute approximate surface area is 108 Å². The van der Waals surface area contributed by atoms with E-state index in [4.69, 9.17) is 21.1 Å². The minimum atomic E-state index is 0.217. The summed E-state index contributed by atoms with van der Waals surface area (Å²) in [6.45, 7) is 1.38. The average Bonchev–Trinajstić information content (AvgIpc) is 2.99. The molecule has 6 nitrogen and oxygen atoms in total. The first kappa shape index (κ1) is 11.3. The Morgan fingerprint density at radius 2 is 2.22 bits per heavy atom. The van der Waals surface area contributed by atoms with Gasteiger partial charge in [-0.05, 0) is 17.7 Å². The molecule has 2 aromatic rings. The lowest BCUT2D eigenvalue weighted by atomic mass is 10.2. The van der Waals surface area contributed by atoms with Crippen LogP contribution in [0.25, 0.3) is 0 Å². The zero-order valence-electron chi connectivity index (χ0n) is 9.35. The number of hydrogen-bond donors (Lipinski definition) is 1. The van der Waals surface area contributed by atoms with Crippen LogP contribution in [0, 0.1) is 0 Å². The number of ether oxygens (including phenoxy) is 2. The molecular formula is C11H10ClN3O3. The van der Waals surface area contributed by atoms with Crippen molar-refractivity contribution in [2.45, 2.75) is 13.1 Å². The second-order valence-electron chi connectivity index (χ2n) is 3.76.